The highest BCUT2D eigenvalue weighted by Gasteiger charge is 2.27. The van der Waals surface area contributed by atoms with Gasteiger partial charge < -0.3 is 15.4 Å². The van der Waals surface area contributed by atoms with Gasteiger partial charge in [0.2, 0.25) is 0 Å². The second-order valence-electron chi connectivity index (χ2n) is 5.74. The van der Waals surface area contributed by atoms with E-state index < -0.39 is 6.17 Å². The third-order valence-corrected chi connectivity index (χ3v) is 4.49. The van der Waals surface area contributed by atoms with E-state index in [-0.39, 0.29) is 5.91 Å². The average Bonchev–Trinajstić information content (AvgIpc) is 2.68. The van der Waals surface area contributed by atoms with Gasteiger partial charge in [-0.1, -0.05) is 22.0 Å². The zero-order valence-electron chi connectivity index (χ0n) is 13.6. The van der Waals surface area contributed by atoms with E-state index in [9.17, 15) is 4.79 Å². The van der Waals surface area contributed by atoms with Gasteiger partial charge in [-0.15, -0.1) is 0 Å². The molecule has 3 aromatic rings. The number of anilines is 1. The Morgan fingerprint density at radius 3 is 2.77 bits per heavy atom. The second-order valence-corrected chi connectivity index (χ2v) is 6.66. The van der Waals surface area contributed by atoms with E-state index in [1.807, 2.05) is 36.4 Å². The summed E-state index contributed by atoms with van der Waals surface area (Å²) in [6.45, 7) is 0.338. The molecule has 0 saturated heterocycles. The maximum absolute atomic E-state index is 12.4. The van der Waals surface area contributed by atoms with Gasteiger partial charge in [0.1, 0.15) is 24.3 Å². The number of hydrogen-bond donors (Lipinski definition) is 2. The van der Waals surface area contributed by atoms with Gasteiger partial charge in [-0.05, 0) is 42.5 Å². The Bertz CT molecular complexity index is 949. The molecular formula is C19H15BrN4O2. The molecule has 2 N–H and O–H groups in total. The summed E-state index contributed by atoms with van der Waals surface area (Å²) in [6, 6.07) is 14.8. The number of nitrogens with zero attached hydrogens (tertiary/aromatic N) is 2. The third kappa shape index (κ3) is 3.39. The monoisotopic (exact) mass is 410 g/mol. The Morgan fingerprint density at radius 1 is 1.04 bits per heavy atom. The van der Waals surface area contributed by atoms with Gasteiger partial charge in [0, 0.05) is 22.4 Å². The molecule has 1 atom stereocenters. The highest BCUT2D eigenvalue weighted by atomic mass is 79.9. The molecule has 6 nitrogen and oxygen atoms in total. The number of fused-ring (bicyclic) bond motifs is 1. The molecule has 0 saturated carbocycles. The summed E-state index contributed by atoms with van der Waals surface area (Å²) in [4.78, 5) is 20.9. The number of carbonyl (C=O) groups is 1. The zero-order chi connectivity index (χ0) is 17.9. The molecule has 0 aliphatic carbocycles. The summed E-state index contributed by atoms with van der Waals surface area (Å²) in [5.74, 6) is 1.04. The molecule has 0 radical (unpaired) electrons. The Labute approximate surface area is 158 Å². The number of halogens is 1. The molecule has 2 aromatic heterocycles. The number of ether oxygens (including phenoxy) is 1. The topological polar surface area (TPSA) is 76.1 Å². The van der Waals surface area contributed by atoms with Crippen LogP contribution in [0.5, 0.6) is 5.75 Å². The number of carbonyl (C=O) groups excluding carboxylic acids is 1. The predicted molar refractivity (Wildman–Crippen MR) is 101 cm³/mol. The van der Waals surface area contributed by atoms with Crippen molar-refractivity contribution in [1.82, 2.24) is 15.3 Å². The van der Waals surface area contributed by atoms with E-state index in [0.29, 0.717) is 23.7 Å². The Kier molecular flexibility index (Phi) is 4.53. The number of nitrogens with one attached hydrogen (secondary N) is 2. The summed E-state index contributed by atoms with van der Waals surface area (Å²) in [6.07, 6.45) is 2.94. The first-order chi connectivity index (χ1) is 12.7. The van der Waals surface area contributed by atoms with Gasteiger partial charge in [0.05, 0.1) is 11.3 Å². The van der Waals surface area contributed by atoms with Crippen LogP contribution in [0.2, 0.25) is 0 Å². The van der Waals surface area contributed by atoms with Crippen LogP contribution in [0.15, 0.2) is 65.4 Å². The minimum Gasteiger partial charge on any atom is -0.487 e. The van der Waals surface area contributed by atoms with Crippen molar-refractivity contribution < 1.29 is 9.53 Å². The predicted octanol–water partition coefficient (Wildman–Crippen LogP) is 3.67. The van der Waals surface area contributed by atoms with Crippen molar-refractivity contribution in [3.8, 4) is 5.75 Å². The van der Waals surface area contributed by atoms with Crippen molar-refractivity contribution in [2.75, 3.05) is 5.32 Å². The molecule has 4 rings (SSSR count). The first-order valence-corrected chi connectivity index (χ1v) is 8.84. The largest absolute Gasteiger partial charge is 0.487 e. The number of rotatable bonds is 4. The van der Waals surface area contributed by atoms with Crippen molar-refractivity contribution in [2.45, 2.75) is 12.8 Å². The quantitative estimate of drug-likeness (QED) is 0.685. The molecule has 1 unspecified atom stereocenters. The van der Waals surface area contributed by atoms with Crippen LogP contribution in [-0.2, 0) is 6.61 Å². The highest BCUT2D eigenvalue weighted by Crippen LogP contribution is 2.32. The lowest BCUT2D eigenvalue weighted by atomic mass is 10.1. The van der Waals surface area contributed by atoms with Crippen molar-refractivity contribution in [3.63, 3.8) is 0 Å². The van der Waals surface area contributed by atoms with Crippen LogP contribution in [0.1, 0.15) is 27.8 Å². The van der Waals surface area contributed by atoms with Gasteiger partial charge in [0.15, 0.2) is 0 Å². The van der Waals surface area contributed by atoms with E-state index in [2.05, 4.69) is 36.5 Å². The average molecular weight is 411 g/mol. The van der Waals surface area contributed by atoms with E-state index in [4.69, 9.17) is 4.74 Å². The van der Waals surface area contributed by atoms with Crippen molar-refractivity contribution >= 4 is 27.7 Å². The molecule has 1 aromatic carbocycles. The molecule has 0 spiro atoms. The fourth-order valence-electron chi connectivity index (χ4n) is 2.75. The second kappa shape index (κ2) is 7.13. The first-order valence-electron chi connectivity index (χ1n) is 8.05. The lowest BCUT2D eigenvalue weighted by Gasteiger charge is -2.28. The molecule has 1 aliphatic heterocycles. The number of aromatic nitrogens is 2. The smallest absolute Gasteiger partial charge is 0.256 e. The number of amides is 1. The molecular weight excluding hydrogens is 396 g/mol. The van der Waals surface area contributed by atoms with E-state index in [0.717, 1.165) is 15.7 Å². The molecule has 1 aliphatic rings. The van der Waals surface area contributed by atoms with Crippen LogP contribution >= 0.6 is 15.9 Å². The summed E-state index contributed by atoms with van der Waals surface area (Å²) in [5, 5.41) is 6.20. The number of hydrogen-bond acceptors (Lipinski definition) is 5. The molecule has 7 heteroatoms. The third-order valence-electron chi connectivity index (χ3n) is 3.99. The molecule has 0 fully saturated rings. The molecule has 3 heterocycles. The van der Waals surface area contributed by atoms with Crippen LogP contribution in [0.4, 0.5) is 5.82 Å². The summed E-state index contributed by atoms with van der Waals surface area (Å²) >= 11 is 3.48. The van der Waals surface area contributed by atoms with Crippen LogP contribution in [0.3, 0.4) is 0 Å². The van der Waals surface area contributed by atoms with Gasteiger partial charge in [-0.3, -0.25) is 9.78 Å². The molecule has 26 heavy (non-hydrogen) atoms. The lowest BCUT2D eigenvalue weighted by molar-refractivity contribution is 0.0934. The van der Waals surface area contributed by atoms with E-state index in [1.54, 1.807) is 24.5 Å². The van der Waals surface area contributed by atoms with E-state index >= 15 is 0 Å². The Balaban J connectivity index is 1.62. The SMILES string of the molecule is O=C1NC(c2cc(Br)ccc2OCc2ccccn2)Nc2ncccc21. The van der Waals surface area contributed by atoms with E-state index in [1.165, 1.54) is 0 Å². The minimum absolute atomic E-state index is 0.174. The van der Waals surface area contributed by atoms with Crippen LogP contribution in [-0.4, -0.2) is 15.9 Å². The summed E-state index contributed by atoms with van der Waals surface area (Å²) in [5.41, 5.74) is 2.16. The maximum atomic E-state index is 12.4. The fraction of sp³-hybridized carbons (Fsp3) is 0.105. The van der Waals surface area contributed by atoms with Gasteiger partial charge in [0.25, 0.3) is 5.91 Å². The normalized spacial score (nSPS) is 15.6. The summed E-state index contributed by atoms with van der Waals surface area (Å²) in [7, 11) is 0. The van der Waals surface area contributed by atoms with Crippen LogP contribution in [0.25, 0.3) is 0 Å². The number of benzene rings is 1. The number of pyridine rings is 2. The maximum Gasteiger partial charge on any atom is 0.256 e. The van der Waals surface area contributed by atoms with Gasteiger partial charge >= 0.3 is 0 Å². The Morgan fingerprint density at radius 2 is 1.92 bits per heavy atom. The molecule has 130 valence electrons. The molecule has 1 amide bonds. The van der Waals surface area contributed by atoms with Crippen molar-refractivity contribution in [1.29, 1.82) is 0 Å². The van der Waals surface area contributed by atoms with Gasteiger partial charge in [-0.25, -0.2) is 4.98 Å². The van der Waals surface area contributed by atoms with Crippen LogP contribution in [0, 0.1) is 0 Å². The highest BCUT2D eigenvalue weighted by molar-refractivity contribution is 9.10. The molecule has 0 bridgehead atoms. The van der Waals surface area contributed by atoms with Crippen molar-refractivity contribution in [2.24, 2.45) is 0 Å². The zero-order valence-corrected chi connectivity index (χ0v) is 15.2. The first kappa shape index (κ1) is 16.5. The van der Waals surface area contributed by atoms with Crippen molar-refractivity contribution in [3.05, 3.63) is 82.2 Å². The fourth-order valence-corrected chi connectivity index (χ4v) is 3.13. The van der Waals surface area contributed by atoms with Gasteiger partial charge in [-0.2, -0.15) is 0 Å². The standard InChI is InChI=1S/C19H15BrN4O2/c20-12-6-7-16(26-11-13-4-1-2-8-21-13)15(10-12)18-23-17-14(19(25)24-18)5-3-9-22-17/h1-10,18H,11H2,(H,22,23)(H,24,25). The summed E-state index contributed by atoms with van der Waals surface area (Å²) < 4.78 is 6.85. The lowest BCUT2D eigenvalue weighted by Crippen LogP contribution is -2.39. The minimum atomic E-state index is -0.443. The van der Waals surface area contributed by atoms with Crippen LogP contribution < -0.4 is 15.4 Å². The Hall–Kier alpha value is -2.93.